The van der Waals surface area contributed by atoms with Crippen LogP contribution in [-0.2, 0) is 16.0 Å². The van der Waals surface area contributed by atoms with Crippen LogP contribution in [0.15, 0.2) is 24.3 Å². The molecule has 0 aliphatic rings. The molecule has 23 heavy (non-hydrogen) atoms. The molecule has 0 aromatic heterocycles. The van der Waals surface area contributed by atoms with Crippen molar-refractivity contribution in [3.8, 4) is 0 Å². The van der Waals surface area contributed by atoms with Crippen LogP contribution in [0.2, 0.25) is 25.7 Å². The monoisotopic (exact) mass is 361 g/mol. The number of amides is 1. The van der Waals surface area contributed by atoms with Crippen molar-refractivity contribution in [2.45, 2.75) is 51.1 Å². The standard InChI is InChI=1S/C16H25NO4Si.K/c1-22(2,3)11-10-12-4-6-13(7-5-12)17-16(21)14(18)8-9-15(19)20;/h4-7,14,18H,8-11H2,1-3H3,(H,17,21)(H,19,20);/q;+1/p-1/t14-;/m0./s1. The van der Waals surface area contributed by atoms with E-state index < -0.39 is 26.1 Å². The zero-order chi connectivity index (χ0) is 16.8. The summed E-state index contributed by atoms with van der Waals surface area (Å²) in [7, 11) is -1.07. The van der Waals surface area contributed by atoms with Crippen LogP contribution >= 0.6 is 0 Å². The second kappa shape index (κ2) is 10.8. The van der Waals surface area contributed by atoms with Crippen LogP contribution < -0.4 is 61.8 Å². The van der Waals surface area contributed by atoms with E-state index in [0.29, 0.717) is 5.69 Å². The average Bonchev–Trinajstić information content (AvgIpc) is 2.43. The maximum absolute atomic E-state index is 11.7. The number of carbonyl (C=O) groups excluding carboxylic acids is 2. The number of aliphatic carboxylic acids is 1. The minimum Gasteiger partial charge on any atom is -0.550 e. The third-order valence-electron chi connectivity index (χ3n) is 3.31. The molecule has 0 heterocycles. The predicted molar refractivity (Wildman–Crippen MR) is 87.2 cm³/mol. The van der Waals surface area contributed by atoms with Crippen molar-refractivity contribution in [1.29, 1.82) is 0 Å². The van der Waals surface area contributed by atoms with Crippen molar-refractivity contribution in [3.63, 3.8) is 0 Å². The largest absolute Gasteiger partial charge is 1.00 e. The minimum absolute atomic E-state index is 0. The molecule has 0 fully saturated rings. The smallest absolute Gasteiger partial charge is 0.550 e. The van der Waals surface area contributed by atoms with Crippen molar-refractivity contribution in [1.82, 2.24) is 0 Å². The van der Waals surface area contributed by atoms with Gasteiger partial charge in [0.05, 0.1) is 0 Å². The number of carbonyl (C=O) groups is 2. The van der Waals surface area contributed by atoms with E-state index in [4.69, 9.17) is 0 Å². The zero-order valence-corrected chi connectivity index (χ0v) is 18.5. The van der Waals surface area contributed by atoms with E-state index in [0.717, 1.165) is 6.42 Å². The number of aryl methyl sites for hydroxylation is 1. The van der Waals surface area contributed by atoms with Crippen LogP contribution in [0.25, 0.3) is 0 Å². The quantitative estimate of drug-likeness (QED) is 0.546. The van der Waals surface area contributed by atoms with E-state index in [1.165, 1.54) is 11.6 Å². The minimum atomic E-state index is -1.34. The fourth-order valence-electron chi connectivity index (χ4n) is 1.89. The summed E-state index contributed by atoms with van der Waals surface area (Å²) >= 11 is 0. The van der Waals surface area contributed by atoms with Gasteiger partial charge in [0.1, 0.15) is 6.10 Å². The predicted octanol–water partition coefficient (Wildman–Crippen LogP) is -1.60. The first-order chi connectivity index (χ1) is 10.2. The summed E-state index contributed by atoms with van der Waals surface area (Å²) in [6, 6.07) is 8.72. The molecule has 1 aromatic carbocycles. The van der Waals surface area contributed by atoms with Gasteiger partial charge in [0, 0.05) is 19.7 Å². The molecule has 0 unspecified atom stereocenters. The second-order valence-corrected chi connectivity index (χ2v) is 12.3. The summed E-state index contributed by atoms with van der Waals surface area (Å²) in [5.41, 5.74) is 1.81. The number of hydrogen-bond donors (Lipinski definition) is 2. The van der Waals surface area contributed by atoms with Crippen LogP contribution in [0.3, 0.4) is 0 Å². The molecule has 122 valence electrons. The third-order valence-corrected chi connectivity index (χ3v) is 5.06. The number of aliphatic hydroxyl groups excluding tert-OH is 1. The van der Waals surface area contributed by atoms with Gasteiger partial charge < -0.3 is 20.3 Å². The van der Waals surface area contributed by atoms with Gasteiger partial charge in [0.15, 0.2) is 0 Å². The molecule has 1 amide bonds. The van der Waals surface area contributed by atoms with Crippen LogP contribution in [-0.4, -0.2) is 31.2 Å². The summed E-state index contributed by atoms with van der Waals surface area (Å²) in [4.78, 5) is 22.0. The van der Waals surface area contributed by atoms with Crippen LogP contribution in [0.5, 0.6) is 0 Å². The molecule has 1 atom stereocenters. The Hall–Kier alpha value is -0.0268. The summed E-state index contributed by atoms with van der Waals surface area (Å²) in [5.74, 6) is -1.88. The van der Waals surface area contributed by atoms with E-state index >= 15 is 0 Å². The molecular weight excluding hydrogens is 337 g/mol. The molecule has 5 nitrogen and oxygen atoms in total. The second-order valence-electron chi connectivity index (χ2n) is 6.67. The summed E-state index contributed by atoms with van der Waals surface area (Å²) in [6.07, 6.45) is -0.810. The molecule has 0 aliphatic carbocycles. The van der Waals surface area contributed by atoms with Gasteiger partial charge in [0.2, 0.25) is 0 Å². The Morgan fingerprint density at radius 2 is 1.78 bits per heavy atom. The van der Waals surface area contributed by atoms with E-state index in [2.05, 4.69) is 25.0 Å². The molecule has 0 aliphatic heterocycles. The van der Waals surface area contributed by atoms with E-state index in [1.54, 1.807) is 12.1 Å². The fourth-order valence-corrected chi connectivity index (χ4v) is 2.92. The molecular formula is C16H24KNO4Si. The average molecular weight is 362 g/mol. The molecule has 0 saturated carbocycles. The van der Waals surface area contributed by atoms with E-state index in [-0.39, 0.29) is 64.2 Å². The number of rotatable bonds is 8. The Bertz CT molecular complexity index is 514. The zero-order valence-electron chi connectivity index (χ0n) is 14.4. The first kappa shape index (κ1) is 23.0. The number of carboxylic acids is 1. The SMILES string of the molecule is C[Si](C)(C)CCc1ccc(NC(=O)[C@@H](O)CCC(=O)[O-])cc1.[K+]. The Morgan fingerprint density at radius 3 is 2.26 bits per heavy atom. The van der Waals surface area contributed by atoms with Gasteiger partial charge in [-0.1, -0.05) is 37.8 Å². The maximum atomic E-state index is 11.7. The molecule has 0 spiro atoms. The molecule has 7 heteroatoms. The van der Waals surface area contributed by atoms with Gasteiger partial charge in [-0.15, -0.1) is 0 Å². The molecule has 0 bridgehead atoms. The van der Waals surface area contributed by atoms with Gasteiger partial charge in [-0.25, -0.2) is 0 Å². The summed E-state index contributed by atoms with van der Waals surface area (Å²) in [5, 5.41) is 22.4. The number of aliphatic hydroxyl groups is 1. The fraction of sp³-hybridized carbons (Fsp3) is 0.500. The number of benzene rings is 1. The Balaban J connectivity index is 0.00000484. The van der Waals surface area contributed by atoms with Crippen molar-refractivity contribution < 1.29 is 71.2 Å². The molecule has 2 N–H and O–H groups in total. The topological polar surface area (TPSA) is 89.5 Å². The third kappa shape index (κ3) is 10.4. The first-order valence-corrected chi connectivity index (χ1v) is 11.2. The van der Waals surface area contributed by atoms with E-state index in [1.807, 2.05) is 12.1 Å². The van der Waals surface area contributed by atoms with Crippen molar-refractivity contribution >= 4 is 25.6 Å². The number of hydrogen-bond acceptors (Lipinski definition) is 4. The summed E-state index contributed by atoms with van der Waals surface area (Å²) in [6.45, 7) is 6.99. The van der Waals surface area contributed by atoms with Gasteiger partial charge in [-0.05, 0) is 37.0 Å². The Morgan fingerprint density at radius 1 is 1.22 bits per heavy atom. The number of nitrogens with one attached hydrogen (secondary N) is 1. The van der Waals surface area contributed by atoms with Crippen LogP contribution in [0.4, 0.5) is 5.69 Å². The Labute approximate surface area is 181 Å². The van der Waals surface area contributed by atoms with Crippen molar-refractivity contribution in [2.75, 3.05) is 5.32 Å². The molecule has 0 saturated heterocycles. The van der Waals surface area contributed by atoms with Crippen LogP contribution in [0.1, 0.15) is 18.4 Å². The summed E-state index contributed by atoms with van der Waals surface area (Å²) < 4.78 is 0. The van der Waals surface area contributed by atoms with Gasteiger partial charge in [-0.2, -0.15) is 0 Å². The molecule has 0 radical (unpaired) electrons. The van der Waals surface area contributed by atoms with Crippen molar-refractivity contribution in [3.05, 3.63) is 29.8 Å². The van der Waals surface area contributed by atoms with E-state index in [9.17, 15) is 19.8 Å². The number of carboxylic acid groups (broad SMARTS) is 1. The van der Waals surface area contributed by atoms with Gasteiger partial charge >= 0.3 is 51.4 Å². The Kier molecular flexibility index (Phi) is 10.7. The van der Waals surface area contributed by atoms with Crippen LogP contribution in [0, 0.1) is 0 Å². The molecule has 1 rings (SSSR count). The van der Waals surface area contributed by atoms with Gasteiger partial charge in [-0.3, -0.25) is 4.79 Å². The first-order valence-electron chi connectivity index (χ1n) is 7.45. The molecule has 1 aromatic rings. The van der Waals surface area contributed by atoms with Crippen molar-refractivity contribution in [2.24, 2.45) is 0 Å². The normalized spacial score (nSPS) is 12.2. The van der Waals surface area contributed by atoms with Gasteiger partial charge in [0.25, 0.3) is 5.91 Å². The number of anilines is 1. The maximum Gasteiger partial charge on any atom is 1.00 e.